The van der Waals surface area contributed by atoms with E-state index in [4.69, 9.17) is 4.74 Å². The number of aromatic nitrogens is 2. The maximum Gasteiger partial charge on any atom is 0.360 e. The van der Waals surface area contributed by atoms with E-state index in [1.54, 1.807) is 6.92 Å². The summed E-state index contributed by atoms with van der Waals surface area (Å²) in [6.45, 7) is 4.48. The molecule has 0 saturated carbocycles. The molecule has 1 aliphatic heterocycles. The van der Waals surface area contributed by atoms with E-state index >= 15 is 0 Å². The standard InChI is InChI=1S/C10H15N5O3/c1-3-5-15-10(17)14-6-11-7(8(14)12-13-15)9(16)18-4-2/h6,12-13H,3-5H2,1-2H3. The molecule has 0 radical (unpaired) electrons. The zero-order chi connectivity index (χ0) is 13.1. The van der Waals surface area contributed by atoms with Gasteiger partial charge in [-0.05, 0) is 13.3 Å². The summed E-state index contributed by atoms with van der Waals surface area (Å²) in [6.07, 6.45) is 2.12. The maximum atomic E-state index is 12.0. The van der Waals surface area contributed by atoms with Gasteiger partial charge < -0.3 is 4.74 Å². The predicted molar refractivity (Wildman–Crippen MR) is 62.7 cm³/mol. The summed E-state index contributed by atoms with van der Waals surface area (Å²) in [6, 6.07) is -0.284. The number of amides is 1. The summed E-state index contributed by atoms with van der Waals surface area (Å²) < 4.78 is 6.13. The second-order valence-corrected chi connectivity index (χ2v) is 3.70. The van der Waals surface area contributed by atoms with Crippen LogP contribution in [0.3, 0.4) is 0 Å². The number of rotatable bonds is 4. The molecular weight excluding hydrogens is 238 g/mol. The van der Waals surface area contributed by atoms with Gasteiger partial charge in [0, 0.05) is 6.54 Å². The number of carbonyl (C=O) groups excluding carboxylic acids is 2. The zero-order valence-corrected chi connectivity index (χ0v) is 10.3. The molecular formula is C10H15N5O3. The first kappa shape index (κ1) is 12.4. The quantitative estimate of drug-likeness (QED) is 0.763. The molecule has 8 heteroatoms. The first-order valence-electron chi connectivity index (χ1n) is 5.77. The van der Waals surface area contributed by atoms with Crippen LogP contribution in [0, 0.1) is 0 Å². The lowest BCUT2D eigenvalue weighted by atomic mass is 10.4. The monoisotopic (exact) mass is 253 g/mol. The molecule has 98 valence electrons. The van der Waals surface area contributed by atoms with Gasteiger partial charge in [-0.1, -0.05) is 6.92 Å². The first-order chi connectivity index (χ1) is 8.69. The molecule has 0 aromatic carbocycles. The van der Waals surface area contributed by atoms with Crippen LogP contribution >= 0.6 is 0 Å². The summed E-state index contributed by atoms with van der Waals surface area (Å²) in [5, 5.41) is 1.41. The van der Waals surface area contributed by atoms with Crippen molar-refractivity contribution in [1.82, 2.24) is 20.1 Å². The molecule has 1 aliphatic rings. The van der Waals surface area contributed by atoms with Crippen molar-refractivity contribution in [2.24, 2.45) is 0 Å². The number of fused-ring (bicyclic) bond motifs is 1. The van der Waals surface area contributed by atoms with Gasteiger partial charge in [0.1, 0.15) is 6.33 Å². The zero-order valence-electron chi connectivity index (χ0n) is 10.3. The van der Waals surface area contributed by atoms with E-state index in [1.165, 1.54) is 15.9 Å². The van der Waals surface area contributed by atoms with Crippen LogP contribution in [-0.4, -0.2) is 39.7 Å². The average molecular weight is 253 g/mol. The highest BCUT2D eigenvalue weighted by Gasteiger charge is 2.29. The van der Waals surface area contributed by atoms with Crippen molar-refractivity contribution in [1.29, 1.82) is 0 Å². The molecule has 0 saturated heterocycles. The van der Waals surface area contributed by atoms with Gasteiger partial charge >= 0.3 is 12.0 Å². The number of nitrogens with zero attached hydrogens (tertiary/aromatic N) is 3. The number of carbonyl (C=O) groups is 2. The minimum atomic E-state index is -0.558. The van der Waals surface area contributed by atoms with Crippen LogP contribution in [0.1, 0.15) is 30.8 Å². The number of nitrogens with one attached hydrogen (secondary N) is 2. The van der Waals surface area contributed by atoms with Crippen LogP contribution in [-0.2, 0) is 4.74 Å². The Bertz CT molecular complexity index is 470. The minimum Gasteiger partial charge on any atom is -0.461 e. The highest BCUT2D eigenvalue weighted by atomic mass is 16.5. The second-order valence-electron chi connectivity index (χ2n) is 3.70. The van der Waals surface area contributed by atoms with Gasteiger partial charge in [0.05, 0.1) is 6.61 Å². The highest BCUT2D eigenvalue weighted by molar-refractivity contribution is 5.96. The van der Waals surface area contributed by atoms with E-state index in [0.29, 0.717) is 12.4 Å². The predicted octanol–water partition coefficient (Wildman–Crippen LogP) is 0.585. The van der Waals surface area contributed by atoms with Crippen molar-refractivity contribution in [3.8, 4) is 0 Å². The molecule has 0 unspecified atom stereocenters. The van der Waals surface area contributed by atoms with Gasteiger partial charge in [0.15, 0.2) is 11.5 Å². The largest absolute Gasteiger partial charge is 0.461 e. The summed E-state index contributed by atoms with van der Waals surface area (Å²) in [7, 11) is 0. The van der Waals surface area contributed by atoms with E-state index in [0.717, 1.165) is 6.42 Å². The minimum absolute atomic E-state index is 0.0915. The van der Waals surface area contributed by atoms with Crippen LogP contribution in [0.25, 0.3) is 0 Å². The molecule has 0 aliphatic carbocycles. The van der Waals surface area contributed by atoms with Gasteiger partial charge in [0.25, 0.3) is 0 Å². The Morgan fingerprint density at radius 2 is 2.28 bits per heavy atom. The second kappa shape index (κ2) is 5.05. The molecule has 2 heterocycles. The van der Waals surface area contributed by atoms with Crippen molar-refractivity contribution in [3.63, 3.8) is 0 Å². The van der Waals surface area contributed by atoms with E-state index in [2.05, 4.69) is 15.9 Å². The van der Waals surface area contributed by atoms with Crippen LogP contribution in [0.4, 0.5) is 10.6 Å². The molecule has 1 aromatic rings. The normalized spacial score (nSPS) is 14.1. The molecule has 2 N–H and O–H groups in total. The van der Waals surface area contributed by atoms with Gasteiger partial charge in [-0.15, -0.1) is 5.53 Å². The molecule has 8 nitrogen and oxygen atoms in total. The number of anilines is 1. The molecule has 1 amide bonds. The lowest BCUT2D eigenvalue weighted by Gasteiger charge is -2.29. The smallest absolute Gasteiger partial charge is 0.360 e. The maximum absolute atomic E-state index is 12.0. The number of imidazole rings is 1. The van der Waals surface area contributed by atoms with Crippen molar-refractivity contribution >= 4 is 17.8 Å². The number of hydrazine groups is 2. The third-order valence-corrected chi connectivity index (χ3v) is 2.43. The lowest BCUT2D eigenvalue weighted by Crippen LogP contribution is -2.52. The van der Waals surface area contributed by atoms with E-state index in [-0.39, 0.29) is 18.3 Å². The third kappa shape index (κ3) is 2.02. The summed E-state index contributed by atoms with van der Waals surface area (Å²) in [5.74, 6) is -0.261. The lowest BCUT2D eigenvalue weighted by molar-refractivity contribution is 0.0521. The molecule has 1 aromatic heterocycles. The number of hydrogen-bond donors (Lipinski definition) is 2. The molecule has 0 fully saturated rings. The van der Waals surface area contributed by atoms with Crippen LogP contribution in [0.5, 0.6) is 0 Å². The van der Waals surface area contributed by atoms with E-state index < -0.39 is 5.97 Å². The number of hydrogen-bond acceptors (Lipinski definition) is 6. The fourth-order valence-electron chi connectivity index (χ4n) is 1.64. The van der Waals surface area contributed by atoms with Crippen molar-refractivity contribution in [2.75, 3.05) is 18.6 Å². The first-order valence-corrected chi connectivity index (χ1v) is 5.77. The molecule has 0 atom stereocenters. The number of ether oxygens (including phenoxy) is 1. The Kier molecular flexibility index (Phi) is 3.47. The van der Waals surface area contributed by atoms with Crippen molar-refractivity contribution in [3.05, 3.63) is 12.0 Å². The van der Waals surface area contributed by atoms with Gasteiger partial charge in [-0.25, -0.2) is 24.1 Å². The fourth-order valence-corrected chi connectivity index (χ4v) is 1.64. The van der Waals surface area contributed by atoms with Crippen LogP contribution in [0.15, 0.2) is 6.33 Å². The molecule has 0 bridgehead atoms. The van der Waals surface area contributed by atoms with Crippen molar-refractivity contribution < 1.29 is 14.3 Å². The van der Waals surface area contributed by atoms with E-state index in [9.17, 15) is 9.59 Å². The SMILES string of the molecule is CCCN1NNc2c(C(=O)OCC)ncn2C1=O. The third-order valence-electron chi connectivity index (χ3n) is 2.43. The van der Waals surface area contributed by atoms with Crippen LogP contribution in [0.2, 0.25) is 0 Å². The average Bonchev–Trinajstić information content (AvgIpc) is 2.78. The molecule has 18 heavy (non-hydrogen) atoms. The molecule has 0 spiro atoms. The Balaban J connectivity index is 2.25. The topological polar surface area (TPSA) is 88.5 Å². The summed E-state index contributed by atoms with van der Waals surface area (Å²) in [5.41, 5.74) is 5.58. The fraction of sp³-hybridized carbons (Fsp3) is 0.500. The molecule has 2 rings (SSSR count). The van der Waals surface area contributed by atoms with Crippen molar-refractivity contribution in [2.45, 2.75) is 20.3 Å². The number of esters is 1. The highest BCUT2D eigenvalue weighted by Crippen LogP contribution is 2.18. The summed E-state index contributed by atoms with van der Waals surface area (Å²) >= 11 is 0. The Morgan fingerprint density at radius 1 is 1.50 bits per heavy atom. The van der Waals surface area contributed by atoms with Gasteiger partial charge in [-0.3, -0.25) is 5.43 Å². The summed E-state index contributed by atoms with van der Waals surface area (Å²) in [4.78, 5) is 27.5. The Hall–Kier alpha value is -2.09. The Labute approximate surface area is 104 Å². The Morgan fingerprint density at radius 3 is 2.94 bits per heavy atom. The van der Waals surface area contributed by atoms with E-state index in [1.807, 2.05) is 6.92 Å². The van der Waals surface area contributed by atoms with Crippen LogP contribution < -0.4 is 11.0 Å². The van der Waals surface area contributed by atoms with Gasteiger partial charge in [-0.2, -0.15) is 0 Å². The van der Waals surface area contributed by atoms with Gasteiger partial charge in [0.2, 0.25) is 0 Å².